The third-order valence-corrected chi connectivity index (χ3v) is 4.49. The highest BCUT2D eigenvalue weighted by molar-refractivity contribution is 5.59. The fourth-order valence-electron chi connectivity index (χ4n) is 3.33. The summed E-state index contributed by atoms with van der Waals surface area (Å²) in [5.41, 5.74) is 10.4. The highest BCUT2D eigenvalue weighted by Gasteiger charge is 2.35. The Morgan fingerprint density at radius 1 is 1.28 bits per heavy atom. The van der Waals surface area contributed by atoms with Crippen molar-refractivity contribution in [1.29, 1.82) is 0 Å². The van der Waals surface area contributed by atoms with Gasteiger partial charge in [-0.1, -0.05) is 32.0 Å². The summed E-state index contributed by atoms with van der Waals surface area (Å²) >= 11 is 0. The lowest BCUT2D eigenvalue weighted by Crippen LogP contribution is -2.48. The lowest BCUT2D eigenvalue weighted by atomic mass is 9.73. The fraction of sp³-hybridized carbons (Fsp3) is 0.625. The molecule has 1 fully saturated rings. The van der Waals surface area contributed by atoms with Crippen molar-refractivity contribution in [3.05, 3.63) is 29.3 Å². The molecule has 0 amide bonds. The molecular weight excluding hydrogens is 220 g/mol. The number of aryl methyl sites for hydroxylation is 2. The molecule has 0 spiro atoms. The highest BCUT2D eigenvalue weighted by atomic mass is 15.2. The van der Waals surface area contributed by atoms with Crippen molar-refractivity contribution in [3.8, 4) is 0 Å². The highest BCUT2D eigenvalue weighted by Crippen LogP contribution is 2.38. The third kappa shape index (κ3) is 2.39. The van der Waals surface area contributed by atoms with Crippen molar-refractivity contribution in [2.45, 2.75) is 34.1 Å². The average molecular weight is 246 g/mol. The van der Waals surface area contributed by atoms with Gasteiger partial charge in [0.1, 0.15) is 0 Å². The minimum Gasteiger partial charge on any atom is -0.371 e. The molecule has 1 atom stereocenters. The van der Waals surface area contributed by atoms with Gasteiger partial charge in [0.25, 0.3) is 0 Å². The van der Waals surface area contributed by atoms with E-state index in [9.17, 15) is 0 Å². The van der Waals surface area contributed by atoms with Crippen molar-refractivity contribution in [1.82, 2.24) is 0 Å². The number of hydrogen-bond donors (Lipinski definition) is 1. The Balaban J connectivity index is 2.26. The van der Waals surface area contributed by atoms with E-state index in [-0.39, 0.29) is 0 Å². The normalized spacial score (nSPS) is 23.2. The van der Waals surface area contributed by atoms with Gasteiger partial charge in [0.15, 0.2) is 0 Å². The molecule has 1 aliphatic rings. The summed E-state index contributed by atoms with van der Waals surface area (Å²) < 4.78 is 0. The predicted molar refractivity (Wildman–Crippen MR) is 79.1 cm³/mol. The molecule has 1 aliphatic heterocycles. The summed E-state index contributed by atoms with van der Waals surface area (Å²) in [6.45, 7) is 12.2. The number of rotatable bonds is 2. The largest absolute Gasteiger partial charge is 0.371 e. The SMILES string of the molecule is Cc1cccc(C)c1N1CCC(CN)C(C)(C)C1. The molecule has 1 saturated heterocycles. The Bertz CT molecular complexity index is 403. The zero-order valence-electron chi connectivity index (χ0n) is 12.2. The van der Waals surface area contributed by atoms with E-state index in [4.69, 9.17) is 5.73 Å². The summed E-state index contributed by atoms with van der Waals surface area (Å²) in [4.78, 5) is 2.55. The van der Waals surface area contributed by atoms with Gasteiger partial charge in [0.2, 0.25) is 0 Å². The van der Waals surface area contributed by atoms with Gasteiger partial charge in [0.05, 0.1) is 0 Å². The van der Waals surface area contributed by atoms with Crippen LogP contribution in [0.2, 0.25) is 0 Å². The maximum atomic E-state index is 5.90. The van der Waals surface area contributed by atoms with Gasteiger partial charge in [-0.05, 0) is 49.3 Å². The number of para-hydroxylation sites is 1. The van der Waals surface area contributed by atoms with Crippen molar-refractivity contribution < 1.29 is 0 Å². The molecule has 1 unspecified atom stereocenters. The van der Waals surface area contributed by atoms with Crippen molar-refractivity contribution in [2.75, 3.05) is 24.5 Å². The summed E-state index contributed by atoms with van der Waals surface area (Å²) in [5.74, 6) is 0.651. The molecule has 0 saturated carbocycles. The average Bonchev–Trinajstić information content (AvgIpc) is 2.27. The zero-order valence-corrected chi connectivity index (χ0v) is 12.2. The van der Waals surface area contributed by atoms with Crippen LogP contribution in [0, 0.1) is 25.2 Å². The quantitative estimate of drug-likeness (QED) is 0.868. The van der Waals surface area contributed by atoms with Crippen molar-refractivity contribution in [3.63, 3.8) is 0 Å². The van der Waals surface area contributed by atoms with E-state index in [0.717, 1.165) is 19.6 Å². The van der Waals surface area contributed by atoms with Crippen LogP contribution in [0.25, 0.3) is 0 Å². The summed E-state index contributed by atoms with van der Waals surface area (Å²) in [6.07, 6.45) is 1.21. The molecule has 2 rings (SSSR count). The summed E-state index contributed by atoms with van der Waals surface area (Å²) in [5, 5.41) is 0. The van der Waals surface area contributed by atoms with Crippen LogP contribution in [0.4, 0.5) is 5.69 Å². The molecule has 0 aliphatic carbocycles. The standard InChI is InChI=1S/C16H26N2/c1-12-6-5-7-13(2)15(12)18-9-8-14(10-17)16(3,4)11-18/h5-7,14H,8-11,17H2,1-4H3. The summed E-state index contributed by atoms with van der Waals surface area (Å²) in [6, 6.07) is 6.57. The molecule has 1 aromatic rings. The van der Waals surface area contributed by atoms with Gasteiger partial charge in [0, 0.05) is 18.8 Å². The van der Waals surface area contributed by atoms with Gasteiger partial charge in [-0.15, -0.1) is 0 Å². The number of hydrogen-bond acceptors (Lipinski definition) is 2. The minimum absolute atomic E-state index is 0.307. The molecule has 0 aromatic heterocycles. The molecule has 0 radical (unpaired) electrons. The molecule has 2 N–H and O–H groups in total. The van der Waals surface area contributed by atoms with E-state index >= 15 is 0 Å². The van der Waals surface area contributed by atoms with E-state index in [1.165, 1.54) is 23.2 Å². The monoisotopic (exact) mass is 246 g/mol. The Morgan fingerprint density at radius 3 is 2.39 bits per heavy atom. The van der Waals surface area contributed by atoms with E-state index in [1.54, 1.807) is 0 Å². The van der Waals surface area contributed by atoms with Crippen molar-refractivity contribution >= 4 is 5.69 Å². The second-order valence-corrected chi connectivity index (χ2v) is 6.37. The number of piperidine rings is 1. The second kappa shape index (κ2) is 4.93. The summed E-state index contributed by atoms with van der Waals surface area (Å²) in [7, 11) is 0. The van der Waals surface area contributed by atoms with Gasteiger partial charge >= 0.3 is 0 Å². The molecule has 2 heteroatoms. The Kier molecular flexibility index (Phi) is 3.67. The predicted octanol–water partition coefficient (Wildman–Crippen LogP) is 3.11. The molecule has 2 nitrogen and oxygen atoms in total. The lowest BCUT2D eigenvalue weighted by Gasteiger charge is -2.45. The Labute approximate surface area is 111 Å². The van der Waals surface area contributed by atoms with Crippen LogP contribution in [-0.2, 0) is 0 Å². The smallest absolute Gasteiger partial charge is 0.0425 e. The van der Waals surface area contributed by atoms with Crippen molar-refractivity contribution in [2.24, 2.45) is 17.1 Å². The van der Waals surface area contributed by atoms with Gasteiger partial charge in [-0.25, -0.2) is 0 Å². The van der Waals surface area contributed by atoms with Crippen LogP contribution < -0.4 is 10.6 Å². The molecule has 1 heterocycles. The van der Waals surface area contributed by atoms with Crippen LogP contribution in [0.3, 0.4) is 0 Å². The Morgan fingerprint density at radius 2 is 1.89 bits per heavy atom. The first-order valence-electron chi connectivity index (χ1n) is 6.97. The van der Waals surface area contributed by atoms with E-state index < -0.39 is 0 Å². The maximum Gasteiger partial charge on any atom is 0.0425 e. The second-order valence-electron chi connectivity index (χ2n) is 6.37. The number of nitrogens with zero attached hydrogens (tertiary/aromatic N) is 1. The van der Waals surface area contributed by atoms with Crippen LogP contribution in [0.5, 0.6) is 0 Å². The van der Waals surface area contributed by atoms with Gasteiger partial charge in [-0.3, -0.25) is 0 Å². The molecule has 0 bridgehead atoms. The number of benzene rings is 1. The van der Waals surface area contributed by atoms with Crippen LogP contribution >= 0.6 is 0 Å². The van der Waals surface area contributed by atoms with Gasteiger partial charge in [-0.2, -0.15) is 0 Å². The van der Waals surface area contributed by atoms with Crippen LogP contribution in [0.15, 0.2) is 18.2 Å². The first-order valence-corrected chi connectivity index (χ1v) is 6.97. The lowest BCUT2D eigenvalue weighted by molar-refractivity contribution is 0.182. The molecule has 18 heavy (non-hydrogen) atoms. The van der Waals surface area contributed by atoms with Crippen LogP contribution in [-0.4, -0.2) is 19.6 Å². The van der Waals surface area contributed by atoms with E-state index in [2.05, 4.69) is 50.8 Å². The van der Waals surface area contributed by atoms with E-state index in [1.807, 2.05) is 0 Å². The topological polar surface area (TPSA) is 29.3 Å². The van der Waals surface area contributed by atoms with E-state index in [0.29, 0.717) is 11.3 Å². The first kappa shape index (κ1) is 13.4. The molecule has 1 aromatic carbocycles. The molecular formula is C16H26N2. The Hall–Kier alpha value is -1.02. The maximum absolute atomic E-state index is 5.90. The third-order valence-electron chi connectivity index (χ3n) is 4.49. The number of anilines is 1. The molecule has 100 valence electrons. The minimum atomic E-state index is 0.307. The fourth-order valence-corrected chi connectivity index (χ4v) is 3.33. The van der Waals surface area contributed by atoms with Gasteiger partial charge < -0.3 is 10.6 Å². The van der Waals surface area contributed by atoms with Crippen LogP contribution in [0.1, 0.15) is 31.4 Å². The number of nitrogens with two attached hydrogens (primary N) is 1. The zero-order chi connectivity index (χ0) is 13.3. The first-order chi connectivity index (χ1) is 8.45.